The van der Waals surface area contributed by atoms with Crippen molar-refractivity contribution >= 4 is 29.1 Å². The molecule has 1 amide bonds. The fourth-order valence-corrected chi connectivity index (χ4v) is 3.33. The van der Waals surface area contributed by atoms with Gasteiger partial charge < -0.3 is 19.1 Å². The number of amides is 1. The van der Waals surface area contributed by atoms with E-state index >= 15 is 0 Å². The number of benzene rings is 2. The molecule has 2 aromatic rings. The second-order valence-corrected chi connectivity index (χ2v) is 6.65. The average molecular weight is 396 g/mol. The van der Waals surface area contributed by atoms with Crippen LogP contribution in [0.5, 0.6) is 11.5 Å². The smallest absolute Gasteiger partial charge is 0.260 e. The first kappa shape index (κ1) is 18.8. The number of carbonyl (C=O) groups is 1. The quantitative estimate of drug-likeness (QED) is 0.767. The van der Waals surface area contributed by atoms with E-state index in [1.807, 2.05) is 18.2 Å². The minimum atomic E-state index is -0.288. The van der Waals surface area contributed by atoms with Crippen LogP contribution < -0.4 is 9.47 Å². The molecule has 0 spiro atoms. The maximum absolute atomic E-state index is 12.5. The van der Waals surface area contributed by atoms with Crippen molar-refractivity contribution in [3.05, 3.63) is 58.1 Å². The average Bonchev–Trinajstić information content (AvgIpc) is 2.66. The number of methoxy groups -OCH3 is 1. The fraction of sp³-hybridized carbons (Fsp3) is 0.316. The molecule has 1 aliphatic rings. The molecule has 0 aliphatic carbocycles. The molecule has 1 aliphatic heterocycles. The highest BCUT2D eigenvalue weighted by molar-refractivity contribution is 6.35. The molecule has 1 fully saturated rings. The number of halogens is 2. The molecule has 0 bridgehead atoms. The molecule has 1 saturated heterocycles. The van der Waals surface area contributed by atoms with Gasteiger partial charge in [-0.15, -0.1) is 0 Å². The van der Waals surface area contributed by atoms with Gasteiger partial charge in [0.1, 0.15) is 6.10 Å². The monoisotopic (exact) mass is 395 g/mol. The Morgan fingerprint density at radius 2 is 2.00 bits per heavy atom. The molecule has 2 aromatic carbocycles. The zero-order valence-electron chi connectivity index (χ0n) is 14.3. The third-order valence-corrected chi connectivity index (χ3v) is 4.71. The minimum Gasteiger partial charge on any atom is -0.493 e. The van der Waals surface area contributed by atoms with Crippen molar-refractivity contribution in [3.8, 4) is 11.5 Å². The maximum atomic E-state index is 12.5. The highest BCUT2D eigenvalue weighted by atomic mass is 35.5. The molecule has 1 unspecified atom stereocenters. The van der Waals surface area contributed by atoms with E-state index in [0.29, 0.717) is 41.2 Å². The van der Waals surface area contributed by atoms with Crippen LogP contribution in [0.4, 0.5) is 0 Å². The number of rotatable bonds is 5. The lowest BCUT2D eigenvalue weighted by Crippen LogP contribution is -2.44. The second kappa shape index (κ2) is 8.62. The third kappa shape index (κ3) is 4.41. The van der Waals surface area contributed by atoms with Crippen molar-refractivity contribution in [3.63, 3.8) is 0 Å². The Morgan fingerprint density at radius 1 is 1.23 bits per heavy atom. The molecule has 7 heteroatoms. The van der Waals surface area contributed by atoms with Gasteiger partial charge in [0, 0.05) is 22.2 Å². The van der Waals surface area contributed by atoms with Crippen LogP contribution in [0.15, 0.2) is 42.5 Å². The standard InChI is InChI=1S/C19H19Cl2NO4/c1-24-16-4-2-3-5-17(16)26-12-19(23)22-8-9-25-18(11-22)14-7-6-13(20)10-15(14)21/h2-7,10,18H,8-9,11-12H2,1H3. The van der Waals surface area contributed by atoms with E-state index in [-0.39, 0.29) is 18.6 Å². The minimum absolute atomic E-state index is 0.0680. The summed E-state index contributed by atoms with van der Waals surface area (Å²) in [6.45, 7) is 1.29. The number of ether oxygens (including phenoxy) is 3. The van der Waals surface area contributed by atoms with Crippen molar-refractivity contribution in [1.82, 2.24) is 4.90 Å². The molecule has 26 heavy (non-hydrogen) atoms. The second-order valence-electron chi connectivity index (χ2n) is 5.80. The van der Waals surface area contributed by atoms with Crippen LogP contribution in [0.3, 0.4) is 0 Å². The van der Waals surface area contributed by atoms with Crippen LogP contribution in [-0.4, -0.2) is 44.2 Å². The van der Waals surface area contributed by atoms with Crippen molar-refractivity contribution in [2.24, 2.45) is 0 Å². The number of carbonyl (C=O) groups excluding carboxylic acids is 1. The van der Waals surface area contributed by atoms with Gasteiger partial charge in [-0.25, -0.2) is 0 Å². The lowest BCUT2D eigenvalue weighted by molar-refractivity contribution is -0.141. The van der Waals surface area contributed by atoms with E-state index in [4.69, 9.17) is 37.4 Å². The zero-order chi connectivity index (χ0) is 18.5. The number of morpholine rings is 1. The first-order valence-electron chi connectivity index (χ1n) is 8.18. The molecule has 3 rings (SSSR count). The van der Waals surface area contributed by atoms with Gasteiger partial charge >= 0.3 is 0 Å². The summed E-state index contributed by atoms with van der Waals surface area (Å²) in [6.07, 6.45) is -0.288. The summed E-state index contributed by atoms with van der Waals surface area (Å²) in [6, 6.07) is 12.5. The molecule has 1 heterocycles. The van der Waals surface area contributed by atoms with Crippen molar-refractivity contribution < 1.29 is 19.0 Å². The van der Waals surface area contributed by atoms with Crippen LogP contribution in [0.25, 0.3) is 0 Å². The van der Waals surface area contributed by atoms with Crippen LogP contribution >= 0.6 is 23.2 Å². The molecule has 0 saturated carbocycles. The summed E-state index contributed by atoms with van der Waals surface area (Å²) in [5, 5.41) is 1.09. The van der Waals surface area contributed by atoms with Gasteiger partial charge in [-0.1, -0.05) is 41.4 Å². The lowest BCUT2D eigenvalue weighted by Gasteiger charge is -2.33. The number of para-hydroxylation sites is 2. The fourth-order valence-electron chi connectivity index (χ4n) is 2.80. The van der Waals surface area contributed by atoms with Crippen LogP contribution in [0.1, 0.15) is 11.7 Å². The predicted molar refractivity (Wildman–Crippen MR) is 100 cm³/mol. The first-order chi connectivity index (χ1) is 12.6. The summed E-state index contributed by atoms with van der Waals surface area (Å²) in [5.41, 5.74) is 0.819. The number of hydrogen-bond donors (Lipinski definition) is 0. The van der Waals surface area contributed by atoms with Gasteiger partial charge in [-0.3, -0.25) is 4.79 Å². The third-order valence-electron chi connectivity index (χ3n) is 4.15. The summed E-state index contributed by atoms with van der Waals surface area (Å²) >= 11 is 12.2. The Labute approximate surface area is 162 Å². The van der Waals surface area contributed by atoms with Gasteiger partial charge in [0.05, 0.1) is 20.3 Å². The Hall–Kier alpha value is -1.95. The highest BCUT2D eigenvalue weighted by Crippen LogP contribution is 2.31. The summed E-state index contributed by atoms with van der Waals surface area (Å²) in [7, 11) is 1.56. The summed E-state index contributed by atoms with van der Waals surface area (Å²) in [4.78, 5) is 14.3. The maximum Gasteiger partial charge on any atom is 0.260 e. The van der Waals surface area contributed by atoms with E-state index in [1.54, 1.807) is 36.3 Å². The van der Waals surface area contributed by atoms with Gasteiger partial charge in [0.25, 0.3) is 5.91 Å². The van der Waals surface area contributed by atoms with Crippen molar-refractivity contribution in [2.45, 2.75) is 6.10 Å². The largest absolute Gasteiger partial charge is 0.493 e. The summed E-state index contributed by atoms with van der Waals surface area (Å²) in [5.74, 6) is 1.01. The van der Waals surface area contributed by atoms with Crippen molar-refractivity contribution in [1.29, 1.82) is 0 Å². The summed E-state index contributed by atoms with van der Waals surface area (Å²) < 4.78 is 16.6. The van der Waals surface area contributed by atoms with E-state index in [9.17, 15) is 4.79 Å². The van der Waals surface area contributed by atoms with Gasteiger partial charge in [-0.05, 0) is 24.3 Å². The predicted octanol–water partition coefficient (Wildman–Crippen LogP) is 3.98. The Kier molecular flexibility index (Phi) is 6.25. The van der Waals surface area contributed by atoms with E-state index in [2.05, 4.69) is 0 Å². The number of nitrogens with zero attached hydrogens (tertiary/aromatic N) is 1. The zero-order valence-corrected chi connectivity index (χ0v) is 15.8. The molecule has 0 N–H and O–H groups in total. The molecule has 0 radical (unpaired) electrons. The van der Waals surface area contributed by atoms with Crippen LogP contribution in [0, 0.1) is 0 Å². The number of hydrogen-bond acceptors (Lipinski definition) is 4. The topological polar surface area (TPSA) is 48.0 Å². The first-order valence-corrected chi connectivity index (χ1v) is 8.94. The molecule has 0 aromatic heterocycles. The Bertz CT molecular complexity index is 784. The lowest BCUT2D eigenvalue weighted by atomic mass is 10.1. The van der Waals surface area contributed by atoms with Crippen LogP contribution in [0.2, 0.25) is 10.0 Å². The van der Waals surface area contributed by atoms with Crippen LogP contribution in [-0.2, 0) is 9.53 Å². The Balaban J connectivity index is 1.62. The molecule has 5 nitrogen and oxygen atoms in total. The van der Waals surface area contributed by atoms with Gasteiger partial charge in [-0.2, -0.15) is 0 Å². The highest BCUT2D eigenvalue weighted by Gasteiger charge is 2.27. The SMILES string of the molecule is COc1ccccc1OCC(=O)N1CCOC(c2ccc(Cl)cc2Cl)C1. The van der Waals surface area contributed by atoms with E-state index in [1.165, 1.54) is 0 Å². The van der Waals surface area contributed by atoms with Gasteiger partial charge in [0.15, 0.2) is 18.1 Å². The van der Waals surface area contributed by atoms with E-state index in [0.717, 1.165) is 5.56 Å². The Morgan fingerprint density at radius 3 is 2.73 bits per heavy atom. The molecule has 138 valence electrons. The normalized spacial score (nSPS) is 17.0. The molecular formula is C19H19Cl2NO4. The van der Waals surface area contributed by atoms with Crippen molar-refractivity contribution in [2.75, 3.05) is 33.4 Å². The van der Waals surface area contributed by atoms with Gasteiger partial charge in [0.2, 0.25) is 0 Å². The van der Waals surface area contributed by atoms with E-state index < -0.39 is 0 Å². The molecule has 1 atom stereocenters. The molecular weight excluding hydrogens is 377 g/mol.